The molecule has 0 fully saturated rings. The van der Waals surface area contributed by atoms with Crippen molar-refractivity contribution in [2.45, 2.75) is 52.3 Å². The molecule has 3 rings (SSSR count). The van der Waals surface area contributed by atoms with Crippen LogP contribution in [-0.4, -0.2) is 29.8 Å². The van der Waals surface area contributed by atoms with E-state index in [1.165, 1.54) is 7.11 Å². The monoisotopic (exact) mass is 422 g/mol. The zero-order valence-corrected chi connectivity index (χ0v) is 18.6. The fourth-order valence-electron chi connectivity index (χ4n) is 3.81. The van der Waals surface area contributed by atoms with Crippen LogP contribution in [0, 0.1) is 6.92 Å². The standard InChI is InChI=1S/C25H30N2O4/c1-5-13-27-15-21(20-14-17(2)11-12-22(20)27)18(3)23(24(28)30-4)26-25(29)31-16-19-9-7-6-8-10-19/h6-12,14-15,18,23H,5,13,16H2,1-4H3,(H,26,29)/t18-,23-/m1/s1. The molecule has 0 bridgehead atoms. The summed E-state index contributed by atoms with van der Waals surface area (Å²) >= 11 is 0. The lowest BCUT2D eigenvalue weighted by Crippen LogP contribution is -2.45. The highest BCUT2D eigenvalue weighted by Gasteiger charge is 2.31. The van der Waals surface area contributed by atoms with Crippen molar-refractivity contribution in [1.82, 2.24) is 9.88 Å². The van der Waals surface area contributed by atoms with Crippen LogP contribution >= 0.6 is 0 Å². The summed E-state index contributed by atoms with van der Waals surface area (Å²) < 4.78 is 12.5. The van der Waals surface area contributed by atoms with E-state index in [4.69, 9.17) is 9.47 Å². The van der Waals surface area contributed by atoms with Crippen molar-refractivity contribution in [2.75, 3.05) is 7.11 Å². The number of carbonyl (C=O) groups is 2. The number of methoxy groups -OCH3 is 1. The Bertz CT molecular complexity index is 1040. The first-order chi connectivity index (χ1) is 14.9. The van der Waals surface area contributed by atoms with Gasteiger partial charge in [-0.25, -0.2) is 9.59 Å². The van der Waals surface area contributed by atoms with E-state index in [0.717, 1.165) is 40.6 Å². The van der Waals surface area contributed by atoms with Crippen molar-refractivity contribution >= 4 is 23.0 Å². The molecule has 2 atom stereocenters. The van der Waals surface area contributed by atoms with Crippen LogP contribution < -0.4 is 5.32 Å². The molecule has 0 unspecified atom stereocenters. The van der Waals surface area contributed by atoms with E-state index in [2.05, 4.69) is 41.2 Å². The van der Waals surface area contributed by atoms with Gasteiger partial charge in [0.15, 0.2) is 0 Å². The molecular formula is C25H30N2O4. The molecular weight excluding hydrogens is 392 g/mol. The molecule has 0 radical (unpaired) electrons. The number of rotatable bonds is 8. The summed E-state index contributed by atoms with van der Waals surface area (Å²) in [6, 6.07) is 14.8. The van der Waals surface area contributed by atoms with Gasteiger partial charge in [0.25, 0.3) is 0 Å². The second-order valence-corrected chi connectivity index (χ2v) is 7.79. The number of hydrogen-bond donors (Lipinski definition) is 1. The predicted octanol–water partition coefficient (Wildman–Crippen LogP) is 4.93. The SMILES string of the molecule is CCCn1cc([C@@H](C)[C@@H](NC(=O)OCc2ccccc2)C(=O)OC)c2cc(C)ccc21. The average molecular weight is 423 g/mol. The zero-order valence-electron chi connectivity index (χ0n) is 18.6. The van der Waals surface area contributed by atoms with Gasteiger partial charge >= 0.3 is 12.1 Å². The number of amides is 1. The lowest BCUT2D eigenvalue weighted by molar-refractivity contribution is -0.143. The predicted molar refractivity (Wildman–Crippen MR) is 121 cm³/mol. The van der Waals surface area contributed by atoms with Gasteiger partial charge in [-0.3, -0.25) is 0 Å². The fourth-order valence-corrected chi connectivity index (χ4v) is 3.81. The van der Waals surface area contributed by atoms with Gasteiger partial charge in [0.2, 0.25) is 0 Å². The number of aromatic nitrogens is 1. The van der Waals surface area contributed by atoms with Gasteiger partial charge in [-0.05, 0) is 36.6 Å². The first kappa shape index (κ1) is 22.4. The third-order valence-electron chi connectivity index (χ3n) is 5.46. The van der Waals surface area contributed by atoms with E-state index in [9.17, 15) is 9.59 Å². The summed E-state index contributed by atoms with van der Waals surface area (Å²) in [5.74, 6) is -0.813. The van der Waals surface area contributed by atoms with Gasteiger partial charge in [0.05, 0.1) is 7.11 Å². The molecule has 164 valence electrons. The van der Waals surface area contributed by atoms with Crippen LogP contribution in [0.3, 0.4) is 0 Å². The van der Waals surface area contributed by atoms with Crippen molar-refractivity contribution in [3.8, 4) is 0 Å². The smallest absolute Gasteiger partial charge is 0.408 e. The lowest BCUT2D eigenvalue weighted by Gasteiger charge is -2.22. The van der Waals surface area contributed by atoms with Crippen molar-refractivity contribution in [3.63, 3.8) is 0 Å². The molecule has 0 aliphatic rings. The number of esters is 1. The Labute approximate surface area is 183 Å². The summed E-state index contributed by atoms with van der Waals surface area (Å²) in [6.07, 6.45) is 2.42. The van der Waals surface area contributed by atoms with Crippen molar-refractivity contribution in [3.05, 3.63) is 71.4 Å². The van der Waals surface area contributed by atoms with Gasteiger partial charge in [-0.1, -0.05) is 55.8 Å². The Morgan fingerprint density at radius 1 is 1.13 bits per heavy atom. The molecule has 3 aromatic rings. The molecule has 31 heavy (non-hydrogen) atoms. The lowest BCUT2D eigenvalue weighted by atomic mass is 9.92. The zero-order chi connectivity index (χ0) is 22.4. The first-order valence-corrected chi connectivity index (χ1v) is 10.6. The topological polar surface area (TPSA) is 69.6 Å². The third-order valence-corrected chi connectivity index (χ3v) is 5.46. The van der Waals surface area contributed by atoms with Crippen molar-refractivity contribution in [2.24, 2.45) is 0 Å². The summed E-state index contributed by atoms with van der Waals surface area (Å²) in [4.78, 5) is 25.0. The molecule has 1 aromatic heterocycles. The Morgan fingerprint density at radius 2 is 1.87 bits per heavy atom. The number of hydrogen-bond acceptors (Lipinski definition) is 4. The highest BCUT2D eigenvalue weighted by atomic mass is 16.6. The number of ether oxygens (including phenoxy) is 2. The van der Waals surface area contributed by atoms with Crippen LogP contribution in [0.15, 0.2) is 54.7 Å². The fraction of sp³-hybridized carbons (Fsp3) is 0.360. The minimum Gasteiger partial charge on any atom is -0.467 e. The van der Waals surface area contributed by atoms with Crippen LogP contribution in [0.1, 0.15) is 42.9 Å². The molecule has 6 heteroatoms. The maximum atomic E-state index is 12.6. The number of alkyl carbamates (subject to hydrolysis) is 1. The molecule has 0 spiro atoms. The van der Waals surface area contributed by atoms with E-state index in [1.54, 1.807) is 0 Å². The van der Waals surface area contributed by atoms with Crippen LogP contribution in [-0.2, 0) is 27.4 Å². The van der Waals surface area contributed by atoms with Crippen LogP contribution in [0.2, 0.25) is 0 Å². The highest BCUT2D eigenvalue weighted by molar-refractivity contribution is 5.88. The highest BCUT2D eigenvalue weighted by Crippen LogP contribution is 2.31. The minimum atomic E-state index is -0.866. The van der Waals surface area contributed by atoms with Crippen molar-refractivity contribution in [1.29, 1.82) is 0 Å². The first-order valence-electron chi connectivity index (χ1n) is 10.6. The maximum absolute atomic E-state index is 12.6. The Hall–Kier alpha value is -3.28. The number of aryl methyl sites for hydroxylation is 2. The summed E-state index contributed by atoms with van der Waals surface area (Å²) in [5.41, 5.74) is 4.12. The Kier molecular flexibility index (Phi) is 7.34. The Morgan fingerprint density at radius 3 is 2.55 bits per heavy atom. The van der Waals surface area contributed by atoms with Crippen LogP contribution in [0.5, 0.6) is 0 Å². The molecule has 1 heterocycles. The Balaban J connectivity index is 1.84. The summed E-state index contributed by atoms with van der Waals surface area (Å²) in [7, 11) is 1.32. The van der Waals surface area contributed by atoms with E-state index in [1.807, 2.05) is 44.2 Å². The third kappa shape index (κ3) is 5.26. The van der Waals surface area contributed by atoms with Crippen LogP contribution in [0.25, 0.3) is 10.9 Å². The number of benzene rings is 2. The number of nitrogens with one attached hydrogen (secondary N) is 1. The summed E-state index contributed by atoms with van der Waals surface area (Å²) in [5, 5.41) is 3.79. The quantitative estimate of drug-likeness (QED) is 0.523. The summed E-state index contributed by atoms with van der Waals surface area (Å²) in [6.45, 7) is 7.10. The second kappa shape index (κ2) is 10.2. The van der Waals surface area contributed by atoms with Gasteiger partial charge < -0.3 is 19.4 Å². The number of nitrogens with zero attached hydrogens (tertiary/aromatic N) is 1. The molecule has 1 N–H and O–H groups in total. The van der Waals surface area contributed by atoms with Gasteiger partial charge in [-0.15, -0.1) is 0 Å². The molecule has 0 aliphatic carbocycles. The van der Waals surface area contributed by atoms with Gasteiger partial charge in [-0.2, -0.15) is 0 Å². The van der Waals surface area contributed by atoms with Gasteiger partial charge in [0, 0.05) is 29.6 Å². The molecule has 0 saturated carbocycles. The number of carbonyl (C=O) groups excluding carboxylic acids is 2. The molecule has 6 nitrogen and oxygen atoms in total. The van der Waals surface area contributed by atoms with Crippen molar-refractivity contribution < 1.29 is 19.1 Å². The van der Waals surface area contributed by atoms with Gasteiger partial charge in [0.1, 0.15) is 12.6 Å². The molecule has 1 amide bonds. The molecule has 0 aliphatic heterocycles. The second-order valence-electron chi connectivity index (χ2n) is 7.79. The average Bonchev–Trinajstić information content (AvgIpc) is 3.13. The number of fused-ring (bicyclic) bond motifs is 1. The maximum Gasteiger partial charge on any atom is 0.408 e. The van der Waals surface area contributed by atoms with E-state index < -0.39 is 18.1 Å². The minimum absolute atomic E-state index is 0.129. The van der Waals surface area contributed by atoms with E-state index in [0.29, 0.717) is 0 Å². The van der Waals surface area contributed by atoms with E-state index >= 15 is 0 Å². The van der Waals surface area contributed by atoms with E-state index in [-0.39, 0.29) is 12.5 Å². The van der Waals surface area contributed by atoms with Crippen LogP contribution in [0.4, 0.5) is 4.79 Å². The largest absolute Gasteiger partial charge is 0.467 e. The normalized spacial score (nSPS) is 12.9. The molecule has 2 aromatic carbocycles. The molecule has 0 saturated heterocycles.